The van der Waals surface area contributed by atoms with Crippen molar-refractivity contribution in [2.45, 2.75) is 52.6 Å². The second kappa shape index (κ2) is 9.41. The van der Waals surface area contributed by atoms with Crippen molar-refractivity contribution in [1.82, 2.24) is 16.0 Å². The number of halogens is 1. The lowest BCUT2D eigenvalue weighted by molar-refractivity contribution is -0.121. The van der Waals surface area contributed by atoms with Gasteiger partial charge >= 0.3 is 0 Å². The number of rotatable bonds is 4. The van der Waals surface area contributed by atoms with Gasteiger partial charge in [0.25, 0.3) is 0 Å². The maximum absolute atomic E-state index is 11.6. The van der Waals surface area contributed by atoms with Crippen LogP contribution in [0, 0.1) is 0 Å². The largest absolute Gasteiger partial charge is 0.354 e. The predicted octanol–water partition coefficient (Wildman–Crippen LogP) is 1.48. The van der Waals surface area contributed by atoms with Crippen molar-refractivity contribution in [2.24, 2.45) is 4.99 Å². The summed E-state index contributed by atoms with van der Waals surface area (Å²) in [6.07, 6.45) is 1.01. The van der Waals surface area contributed by atoms with E-state index >= 15 is 0 Å². The molecule has 1 atom stereocenters. The topological polar surface area (TPSA) is 65.5 Å². The lowest BCUT2D eigenvalue weighted by Gasteiger charge is -2.21. The molecular formula is C12H27IN4O. The second-order valence-corrected chi connectivity index (χ2v) is 5.18. The lowest BCUT2D eigenvalue weighted by atomic mass is 10.1. The molecule has 0 heterocycles. The first-order valence-electron chi connectivity index (χ1n) is 6.06. The standard InChI is InChI=1S/C12H26N4O.HI/c1-7-9(2)15-11(13-6)14-8-10(17)16-12(3,4)5;/h9H,7-8H2,1-6H3,(H,16,17)(H2,13,14,15);1H. The van der Waals surface area contributed by atoms with Crippen LogP contribution >= 0.6 is 24.0 Å². The fraction of sp³-hybridized carbons (Fsp3) is 0.833. The number of hydrogen-bond donors (Lipinski definition) is 3. The number of carbonyl (C=O) groups is 1. The molecule has 0 radical (unpaired) electrons. The number of hydrogen-bond acceptors (Lipinski definition) is 2. The van der Waals surface area contributed by atoms with E-state index in [9.17, 15) is 4.79 Å². The smallest absolute Gasteiger partial charge is 0.239 e. The minimum Gasteiger partial charge on any atom is -0.354 e. The number of aliphatic imine (C=N–C) groups is 1. The molecule has 1 amide bonds. The fourth-order valence-electron chi connectivity index (χ4n) is 1.16. The van der Waals surface area contributed by atoms with E-state index in [1.54, 1.807) is 7.05 Å². The van der Waals surface area contributed by atoms with Gasteiger partial charge in [-0.05, 0) is 34.1 Å². The molecule has 0 fully saturated rings. The van der Waals surface area contributed by atoms with Crippen LogP contribution in [0.3, 0.4) is 0 Å². The average Bonchev–Trinajstić information content (AvgIpc) is 2.21. The number of nitrogens with one attached hydrogen (secondary N) is 3. The molecule has 0 saturated carbocycles. The molecule has 0 aliphatic carbocycles. The van der Waals surface area contributed by atoms with Crippen molar-refractivity contribution in [2.75, 3.05) is 13.6 Å². The number of carbonyl (C=O) groups excluding carboxylic acids is 1. The lowest BCUT2D eigenvalue weighted by Crippen LogP contribution is -2.49. The monoisotopic (exact) mass is 370 g/mol. The van der Waals surface area contributed by atoms with Crippen LogP contribution in [0.2, 0.25) is 0 Å². The maximum Gasteiger partial charge on any atom is 0.239 e. The maximum atomic E-state index is 11.6. The summed E-state index contributed by atoms with van der Waals surface area (Å²) in [6, 6.07) is 0.340. The minimum atomic E-state index is -0.202. The fourth-order valence-corrected chi connectivity index (χ4v) is 1.16. The van der Waals surface area contributed by atoms with E-state index in [0.717, 1.165) is 6.42 Å². The van der Waals surface area contributed by atoms with Crippen LogP contribution in [-0.4, -0.2) is 37.0 Å². The summed E-state index contributed by atoms with van der Waals surface area (Å²) in [7, 11) is 1.69. The van der Waals surface area contributed by atoms with Gasteiger partial charge in [0.1, 0.15) is 0 Å². The Hall–Kier alpha value is -0.530. The highest BCUT2D eigenvalue weighted by Crippen LogP contribution is 1.97. The Morgan fingerprint density at radius 2 is 1.89 bits per heavy atom. The summed E-state index contributed by atoms with van der Waals surface area (Å²) < 4.78 is 0. The Morgan fingerprint density at radius 1 is 1.33 bits per heavy atom. The molecule has 0 aromatic rings. The van der Waals surface area contributed by atoms with Crippen molar-refractivity contribution in [1.29, 1.82) is 0 Å². The van der Waals surface area contributed by atoms with Gasteiger partial charge in [-0.25, -0.2) is 0 Å². The van der Waals surface area contributed by atoms with Crippen LogP contribution in [0.1, 0.15) is 41.0 Å². The molecule has 0 saturated heterocycles. The normalized spacial score (nSPS) is 13.3. The SMILES string of the molecule is CCC(C)NC(=NC)NCC(=O)NC(C)(C)C.I. The highest BCUT2D eigenvalue weighted by Gasteiger charge is 2.13. The highest BCUT2D eigenvalue weighted by molar-refractivity contribution is 14.0. The van der Waals surface area contributed by atoms with Crippen molar-refractivity contribution in [3.05, 3.63) is 0 Å². The first-order chi connectivity index (χ1) is 7.78. The Kier molecular flexibility index (Phi) is 10.3. The van der Waals surface area contributed by atoms with E-state index in [1.165, 1.54) is 0 Å². The van der Waals surface area contributed by atoms with Crippen LogP contribution < -0.4 is 16.0 Å². The third kappa shape index (κ3) is 10.6. The summed E-state index contributed by atoms with van der Waals surface area (Å²) in [5, 5.41) is 9.06. The molecule has 0 spiro atoms. The molecule has 3 N–H and O–H groups in total. The molecule has 0 bridgehead atoms. The van der Waals surface area contributed by atoms with Gasteiger partial charge in [0, 0.05) is 18.6 Å². The molecule has 5 nitrogen and oxygen atoms in total. The molecule has 18 heavy (non-hydrogen) atoms. The van der Waals surface area contributed by atoms with Crippen LogP contribution in [0.25, 0.3) is 0 Å². The van der Waals surface area contributed by atoms with E-state index in [-0.39, 0.29) is 42.0 Å². The van der Waals surface area contributed by atoms with E-state index in [0.29, 0.717) is 12.0 Å². The van der Waals surface area contributed by atoms with Crippen molar-refractivity contribution < 1.29 is 4.79 Å². The summed E-state index contributed by atoms with van der Waals surface area (Å²) in [5.74, 6) is 0.619. The molecule has 108 valence electrons. The number of guanidine groups is 1. The Bertz CT molecular complexity index is 274. The average molecular weight is 370 g/mol. The molecule has 0 aromatic heterocycles. The van der Waals surface area contributed by atoms with E-state index in [4.69, 9.17) is 0 Å². The van der Waals surface area contributed by atoms with Gasteiger partial charge in [-0.1, -0.05) is 6.92 Å². The quantitative estimate of drug-likeness (QED) is 0.399. The predicted molar refractivity (Wildman–Crippen MR) is 87.6 cm³/mol. The Labute approximate surface area is 128 Å². The molecule has 1 unspecified atom stereocenters. The first-order valence-corrected chi connectivity index (χ1v) is 6.06. The zero-order valence-corrected chi connectivity index (χ0v) is 14.6. The third-order valence-corrected chi connectivity index (χ3v) is 2.15. The third-order valence-electron chi connectivity index (χ3n) is 2.15. The molecule has 0 rings (SSSR count). The zero-order chi connectivity index (χ0) is 13.5. The summed E-state index contributed by atoms with van der Waals surface area (Å²) in [6.45, 7) is 10.3. The molecule has 0 aromatic carbocycles. The summed E-state index contributed by atoms with van der Waals surface area (Å²) in [4.78, 5) is 15.6. The molecule has 0 aliphatic heterocycles. The van der Waals surface area contributed by atoms with Crippen molar-refractivity contribution in [3.8, 4) is 0 Å². The van der Waals surface area contributed by atoms with E-state index in [2.05, 4.69) is 34.8 Å². The Balaban J connectivity index is 0. The number of amides is 1. The van der Waals surface area contributed by atoms with E-state index < -0.39 is 0 Å². The summed E-state index contributed by atoms with van der Waals surface area (Å²) in [5.41, 5.74) is -0.202. The first kappa shape index (κ1) is 19.8. The van der Waals surface area contributed by atoms with Gasteiger partial charge < -0.3 is 16.0 Å². The minimum absolute atomic E-state index is 0. The molecule has 6 heteroatoms. The van der Waals surface area contributed by atoms with Gasteiger partial charge in [-0.15, -0.1) is 24.0 Å². The van der Waals surface area contributed by atoms with Gasteiger partial charge in [-0.3, -0.25) is 9.79 Å². The van der Waals surface area contributed by atoms with Gasteiger partial charge in [0.15, 0.2) is 5.96 Å². The highest BCUT2D eigenvalue weighted by atomic mass is 127. The van der Waals surface area contributed by atoms with Crippen molar-refractivity contribution in [3.63, 3.8) is 0 Å². The van der Waals surface area contributed by atoms with Gasteiger partial charge in [0.05, 0.1) is 6.54 Å². The van der Waals surface area contributed by atoms with Crippen LogP contribution in [0.4, 0.5) is 0 Å². The van der Waals surface area contributed by atoms with Crippen LogP contribution in [0.5, 0.6) is 0 Å². The summed E-state index contributed by atoms with van der Waals surface area (Å²) >= 11 is 0. The number of nitrogens with zero attached hydrogens (tertiary/aromatic N) is 1. The second-order valence-electron chi connectivity index (χ2n) is 5.18. The van der Waals surface area contributed by atoms with Crippen LogP contribution in [0.15, 0.2) is 4.99 Å². The molecule has 0 aliphatic rings. The van der Waals surface area contributed by atoms with Crippen molar-refractivity contribution >= 4 is 35.8 Å². The van der Waals surface area contributed by atoms with Crippen LogP contribution in [-0.2, 0) is 4.79 Å². The Morgan fingerprint density at radius 3 is 2.28 bits per heavy atom. The van der Waals surface area contributed by atoms with Gasteiger partial charge in [0.2, 0.25) is 5.91 Å². The molecular weight excluding hydrogens is 343 g/mol. The van der Waals surface area contributed by atoms with Gasteiger partial charge in [-0.2, -0.15) is 0 Å². The van der Waals surface area contributed by atoms with E-state index in [1.807, 2.05) is 20.8 Å². The zero-order valence-electron chi connectivity index (χ0n) is 12.3.